The zero-order valence-electron chi connectivity index (χ0n) is 11.0. The van der Waals surface area contributed by atoms with Gasteiger partial charge in [0.15, 0.2) is 0 Å². The van der Waals surface area contributed by atoms with Crippen molar-refractivity contribution in [3.05, 3.63) is 0 Å². The third-order valence-electron chi connectivity index (χ3n) is 5.13. The van der Waals surface area contributed by atoms with Gasteiger partial charge in [0.2, 0.25) is 0 Å². The van der Waals surface area contributed by atoms with Crippen molar-refractivity contribution in [3.63, 3.8) is 0 Å². The standard InChI is InChI=1S/C14H26O2/c1-8(2)10-7-9-5-6-14(3,4)13(16)11(9)12(10)15/h8-13,15-16H,5-7H2,1-4H3/t9?,10-,11?,12?,13?/m0/s1. The smallest absolute Gasteiger partial charge is 0.0646 e. The molecule has 0 heterocycles. The Bertz CT molecular complexity index is 259. The molecule has 0 aromatic rings. The van der Waals surface area contributed by atoms with E-state index in [1.165, 1.54) is 6.42 Å². The molecule has 0 saturated heterocycles. The number of aliphatic hydroxyl groups is 2. The van der Waals surface area contributed by atoms with Gasteiger partial charge in [-0.25, -0.2) is 0 Å². The van der Waals surface area contributed by atoms with Gasteiger partial charge in [0.25, 0.3) is 0 Å². The summed E-state index contributed by atoms with van der Waals surface area (Å²) in [5, 5.41) is 20.8. The van der Waals surface area contributed by atoms with Gasteiger partial charge in [0.1, 0.15) is 0 Å². The molecule has 94 valence electrons. The first kappa shape index (κ1) is 12.4. The van der Waals surface area contributed by atoms with E-state index in [2.05, 4.69) is 27.7 Å². The van der Waals surface area contributed by atoms with Gasteiger partial charge in [0.05, 0.1) is 12.2 Å². The summed E-state index contributed by atoms with van der Waals surface area (Å²) in [5.41, 5.74) is -0.0198. The Balaban J connectivity index is 2.18. The van der Waals surface area contributed by atoms with Crippen molar-refractivity contribution in [2.45, 2.75) is 59.2 Å². The lowest BCUT2D eigenvalue weighted by molar-refractivity contribution is -0.0890. The molecule has 2 heteroatoms. The average Bonchev–Trinajstić information content (AvgIpc) is 2.51. The third-order valence-corrected chi connectivity index (χ3v) is 5.13. The summed E-state index contributed by atoms with van der Waals surface area (Å²) in [5.74, 6) is 1.58. The summed E-state index contributed by atoms with van der Waals surface area (Å²) < 4.78 is 0. The first-order valence-electron chi connectivity index (χ1n) is 6.70. The van der Waals surface area contributed by atoms with Crippen molar-refractivity contribution < 1.29 is 10.2 Å². The second-order valence-electron chi connectivity index (χ2n) is 6.94. The molecule has 0 spiro atoms. The molecule has 2 nitrogen and oxygen atoms in total. The fourth-order valence-corrected chi connectivity index (χ4v) is 3.86. The molecule has 0 aliphatic heterocycles. The van der Waals surface area contributed by atoms with Crippen LogP contribution in [0, 0.1) is 29.1 Å². The van der Waals surface area contributed by atoms with E-state index >= 15 is 0 Å². The summed E-state index contributed by atoms with van der Waals surface area (Å²) >= 11 is 0. The molecule has 2 aliphatic carbocycles. The van der Waals surface area contributed by atoms with Gasteiger partial charge in [-0.2, -0.15) is 0 Å². The van der Waals surface area contributed by atoms with E-state index in [1.54, 1.807) is 0 Å². The highest BCUT2D eigenvalue weighted by atomic mass is 16.3. The van der Waals surface area contributed by atoms with Crippen LogP contribution >= 0.6 is 0 Å². The largest absolute Gasteiger partial charge is 0.392 e. The zero-order valence-corrected chi connectivity index (χ0v) is 11.0. The number of aliphatic hydroxyl groups excluding tert-OH is 2. The van der Waals surface area contributed by atoms with Crippen LogP contribution in [0.2, 0.25) is 0 Å². The van der Waals surface area contributed by atoms with Crippen LogP contribution < -0.4 is 0 Å². The topological polar surface area (TPSA) is 40.5 Å². The summed E-state index contributed by atoms with van der Waals surface area (Å²) in [7, 11) is 0. The molecule has 5 atom stereocenters. The third kappa shape index (κ3) is 1.80. The Hall–Kier alpha value is -0.0800. The van der Waals surface area contributed by atoms with Crippen LogP contribution in [-0.4, -0.2) is 22.4 Å². The quantitative estimate of drug-likeness (QED) is 0.721. The van der Waals surface area contributed by atoms with Gasteiger partial charge in [-0.15, -0.1) is 0 Å². The molecule has 0 bridgehead atoms. The summed E-state index contributed by atoms with van der Waals surface area (Å²) in [6.45, 7) is 8.62. The molecule has 2 fully saturated rings. The van der Waals surface area contributed by atoms with E-state index in [1.807, 2.05) is 0 Å². The van der Waals surface area contributed by atoms with E-state index in [4.69, 9.17) is 0 Å². The molecule has 2 rings (SSSR count). The Morgan fingerprint density at radius 1 is 1.19 bits per heavy atom. The predicted molar refractivity (Wildman–Crippen MR) is 65.0 cm³/mol. The van der Waals surface area contributed by atoms with Crippen LogP contribution in [0.1, 0.15) is 47.0 Å². The SMILES string of the molecule is CC(C)[C@@H]1CC2CCC(C)(C)C(O)C2C1O. The van der Waals surface area contributed by atoms with E-state index < -0.39 is 0 Å². The number of rotatable bonds is 1. The zero-order chi connectivity index (χ0) is 12.1. The Morgan fingerprint density at radius 2 is 1.81 bits per heavy atom. The summed E-state index contributed by atoms with van der Waals surface area (Å²) in [6.07, 6.45) is 2.75. The van der Waals surface area contributed by atoms with Crippen LogP contribution in [0.4, 0.5) is 0 Å². The molecular weight excluding hydrogens is 200 g/mol. The van der Waals surface area contributed by atoms with Gasteiger partial charge in [-0.05, 0) is 42.4 Å². The summed E-state index contributed by atoms with van der Waals surface area (Å²) in [6, 6.07) is 0. The molecule has 16 heavy (non-hydrogen) atoms. The van der Waals surface area contributed by atoms with Crippen LogP contribution in [0.5, 0.6) is 0 Å². The molecule has 0 radical (unpaired) electrons. The first-order chi connectivity index (χ1) is 7.34. The monoisotopic (exact) mass is 226 g/mol. The minimum atomic E-state index is -0.329. The lowest BCUT2D eigenvalue weighted by atomic mass is 9.65. The van der Waals surface area contributed by atoms with Crippen molar-refractivity contribution in [1.82, 2.24) is 0 Å². The highest BCUT2D eigenvalue weighted by Gasteiger charge is 2.52. The van der Waals surface area contributed by atoms with Crippen molar-refractivity contribution >= 4 is 0 Å². The first-order valence-corrected chi connectivity index (χ1v) is 6.70. The Kier molecular flexibility index (Phi) is 3.09. The average molecular weight is 226 g/mol. The Labute approximate surface area is 99.1 Å². The normalized spacial score (nSPS) is 47.1. The molecule has 2 saturated carbocycles. The van der Waals surface area contributed by atoms with Crippen LogP contribution in [0.3, 0.4) is 0 Å². The van der Waals surface area contributed by atoms with E-state index in [0.29, 0.717) is 17.8 Å². The van der Waals surface area contributed by atoms with Crippen LogP contribution in [-0.2, 0) is 0 Å². The maximum atomic E-state index is 10.4. The van der Waals surface area contributed by atoms with E-state index in [0.717, 1.165) is 12.8 Å². The fourth-order valence-electron chi connectivity index (χ4n) is 3.86. The van der Waals surface area contributed by atoms with Gasteiger partial charge in [-0.1, -0.05) is 27.7 Å². The van der Waals surface area contributed by atoms with Gasteiger partial charge < -0.3 is 10.2 Å². The number of hydrogen-bond acceptors (Lipinski definition) is 2. The van der Waals surface area contributed by atoms with E-state index in [-0.39, 0.29) is 23.5 Å². The fraction of sp³-hybridized carbons (Fsp3) is 1.00. The van der Waals surface area contributed by atoms with E-state index in [9.17, 15) is 10.2 Å². The van der Waals surface area contributed by atoms with Gasteiger partial charge >= 0.3 is 0 Å². The Morgan fingerprint density at radius 3 is 2.38 bits per heavy atom. The molecule has 4 unspecified atom stereocenters. The molecule has 2 N–H and O–H groups in total. The maximum absolute atomic E-state index is 10.4. The highest BCUT2D eigenvalue weighted by molar-refractivity contribution is 5.02. The molecule has 0 aromatic heterocycles. The van der Waals surface area contributed by atoms with Crippen molar-refractivity contribution in [2.75, 3.05) is 0 Å². The molecular formula is C14H26O2. The highest BCUT2D eigenvalue weighted by Crippen LogP contribution is 2.52. The second-order valence-corrected chi connectivity index (χ2v) is 6.94. The lowest BCUT2D eigenvalue weighted by Gasteiger charge is -2.43. The lowest BCUT2D eigenvalue weighted by Crippen LogP contribution is -2.46. The van der Waals surface area contributed by atoms with Crippen molar-refractivity contribution in [1.29, 1.82) is 0 Å². The number of hydrogen-bond donors (Lipinski definition) is 2. The molecule has 0 amide bonds. The maximum Gasteiger partial charge on any atom is 0.0646 e. The summed E-state index contributed by atoms with van der Waals surface area (Å²) in [4.78, 5) is 0. The minimum absolute atomic E-state index is 0.0198. The van der Waals surface area contributed by atoms with Gasteiger partial charge in [0, 0.05) is 5.92 Å². The van der Waals surface area contributed by atoms with Gasteiger partial charge in [-0.3, -0.25) is 0 Å². The molecule has 2 aliphatic rings. The van der Waals surface area contributed by atoms with Crippen LogP contribution in [0.25, 0.3) is 0 Å². The number of fused-ring (bicyclic) bond motifs is 1. The second kappa shape index (κ2) is 3.99. The van der Waals surface area contributed by atoms with Crippen molar-refractivity contribution in [2.24, 2.45) is 29.1 Å². The van der Waals surface area contributed by atoms with Crippen LogP contribution in [0.15, 0.2) is 0 Å². The van der Waals surface area contributed by atoms with Crippen molar-refractivity contribution in [3.8, 4) is 0 Å². The predicted octanol–water partition coefficient (Wildman–Crippen LogP) is 2.44. The minimum Gasteiger partial charge on any atom is -0.392 e. The molecule has 0 aromatic carbocycles.